The van der Waals surface area contributed by atoms with Gasteiger partial charge in [0.05, 0.1) is 21.5 Å². The molecule has 3 aliphatic rings. The zero-order chi connectivity index (χ0) is 33.1. The minimum absolute atomic E-state index is 0.220. The third kappa shape index (κ3) is 5.84. The van der Waals surface area contributed by atoms with Crippen LogP contribution >= 0.6 is 0 Å². The number of amides is 1. The highest BCUT2D eigenvalue weighted by molar-refractivity contribution is 7.89. The first-order valence-electron chi connectivity index (χ1n) is 16.2. The van der Waals surface area contributed by atoms with E-state index in [4.69, 9.17) is 10.1 Å². The molecule has 4 aromatic rings. The monoisotopic (exact) mass is 665 g/mol. The number of piperidine rings is 2. The molecule has 0 saturated carbocycles. The number of hydrogen-bond acceptors (Lipinski definition) is 5. The molecular weight excluding hydrogens is 627 g/mol. The summed E-state index contributed by atoms with van der Waals surface area (Å²) in [7, 11) is -4.36. The van der Waals surface area contributed by atoms with E-state index in [1.165, 1.54) is 16.5 Å². The Labute approximate surface area is 272 Å². The van der Waals surface area contributed by atoms with Crippen LogP contribution in [0, 0.1) is 24.4 Å². The van der Waals surface area contributed by atoms with Crippen molar-refractivity contribution in [1.82, 2.24) is 19.4 Å². The first kappa shape index (κ1) is 31.8. The number of sulfonamides is 1. The van der Waals surface area contributed by atoms with Crippen molar-refractivity contribution in [2.45, 2.75) is 80.3 Å². The van der Waals surface area contributed by atoms with Crippen LogP contribution in [0.4, 0.5) is 13.2 Å². The molecule has 2 bridgehead atoms. The molecule has 7 rings (SSSR count). The number of primary sulfonamides is 1. The molecule has 1 aromatic heterocycles. The Hall–Kier alpha value is -3.74. The summed E-state index contributed by atoms with van der Waals surface area (Å²) in [6.07, 6.45) is 6.07. The summed E-state index contributed by atoms with van der Waals surface area (Å²) < 4.78 is 69.7. The molecule has 0 radical (unpaired) electrons. The highest BCUT2D eigenvalue weighted by atomic mass is 32.2. The molecule has 3 atom stereocenters. The number of aromatic nitrogens is 2. The Kier molecular flexibility index (Phi) is 8.16. The Balaban J connectivity index is 1.09. The molecule has 1 unspecified atom stereocenters. The van der Waals surface area contributed by atoms with Crippen LogP contribution in [-0.2, 0) is 15.4 Å². The van der Waals surface area contributed by atoms with Crippen LogP contribution in [-0.4, -0.2) is 65.4 Å². The number of likely N-dealkylation sites (tertiary alicyclic amines) is 1. The topological polar surface area (TPSA) is 102 Å². The van der Waals surface area contributed by atoms with Gasteiger partial charge in [-0.1, -0.05) is 24.3 Å². The quantitative estimate of drug-likeness (QED) is 0.267. The third-order valence-electron chi connectivity index (χ3n) is 10.9. The molecule has 3 saturated heterocycles. The van der Waals surface area contributed by atoms with Crippen molar-refractivity contribution in [3.8, 4) is 0 Å². The van der Waals surface area contributed by atoms with Crippen molar-refractivity contribution in [2.24, 2.45) is 5.14 Å². The van der Waals surface area contributed by atoms with E-state index in [0.29, 0.717) is 37.0 Å². The van der Waals surface area contributed by atoms with E-state index in [1.807, 2.05) is 12.1 Å². The summed E-state index contributed by atoms with van der Waals surface area (Å²) in [6.45, 7) is 3.35. The van der Waals surface area contributed by atoms with Crippen molar-refractivity contribution < 1.29 is 26.4 Å². The van der Waals surface area contributed by atoms with Gasteiger partial charge in [0.25, 0.3) is 5.91 Å². The molecule has 1 amide bonds. The van der Waals surface area contributed by atoms with Crippen LogP contribution in [0.2, 0.25) is 0 Å². The highest BCUT2D eigenvalue weighted by Crippen LogP contribution is 2.45. The summed E-state index contributed by atoms with van der Waals surface area (Å²) in [4.78, 5) is 21.6. The molecule has 248 valence electrons. The zero-order valence-electron chi connectivity index (χ0n) is 26.2. The van der Waals surface area contributed by atoms with E-state index in [9.17, 15) is 26.4 Å². The molecule has 0 aliphatic carbocycles. The summed E-state index contributed by atoms with van der Waals surface area (Å²) in [5, 5.41) is 5.13. The SMILES string of the molecule is Cc1nc2ccccc2n1C1C[C@H]2CC[C@@H](C1)N2CCC1(c2cccc(F)c2)CCN(C(=O)c2cc(S(N)(=O)=O)cc(F)c2F)CC1. The lowest BCUT2D eigenvalue weighted by Gasteiger charge is -2.45. The number of benzene rings is 3. The summed E-state index contributed by atoms with van der Waals surface area (Å²) in [5.41, 5.74) is 1.95. The van der Waals surface area contributed by atoms with Gasteiger partial charge in [-0.05, 0) is 106 Å². The van der Waals surface area contributed by atoms with Crippen molar-refractivity contribution in [3.63, 3.8) is 0 Å². The Bertz CT molecular complexity index is 1940. The van der Waals surface area contributed by atoms with E-state index >= 15 is 0 Å². The molecule has 12 heteroatoms. The number of imidazole rings is 1. The van der Waals surface area contributed by atoms with Gasteiger partial charge in [-0.3, -0.25) is 9.69 Å². The normalized spacial score (nSPS) is 23.0. The van der Waals surface area contributed by atoms with Crippen molar-refractivity contribution in [2.75, 3.05) is 19.6 Å². The molecule has 4 heterocycles. The predicted octanol–water partition coefficient (Wildman–Crippen LogP) is 5.84. The van der Waals surface area contributed by atoms with Gasteiger partial charge in [-0.2, -0.15) is 0 Å². The maximum atomic E-state index is 14.7. The second-order valence-electron chi connectivity index (χ2n) is 13.4. The van der Waals surface area contributed by atoms with Crippen molar-refractivity contribution in [3.05, 3.63) is 95.1 Å². The first-order valence-corrected chi connectivity index (χ1v) is 17.7. The van der Waals surface area contributed by atoms with Gasteiger partial charge in [0.2, 0.25) is 10.0 Å². The predicted molar refractivity (Wildman–Crippen MR) is 172 cm³/mol. The fourth-order valence-electron chi connectivity index (χ4n) is 8.48. The van der Waals surface area contributed by atoms with Crippen molar-refractivity contribution in [1.29, 1.82) is 0 Å². The number of halogens is 3. The van der Waals surface area contributed by atoms with Gasteiger partial charge in [-0.15, -0.1) is 0 Å². The average Bonchev–Trinajstić information content (AvgIpc) is 3.50. The van der Waals surface area contributed by atoms with Gasteiger partial charge >= 0.3 is 0 Å². The standard InChI is InChI=1S/C35H38F3N5O3S/c1-22-40-31-7-2-3-8-32(31)43(22)27-18-25-9-10-26(19-27)42(25)16-13-35(23-5-4-6-24(36)17-23)11-14-41(15-12-35)34(44)29-20-28(47(39,45)46)21-30(37)33(29)38/h2-8,17,20-21,25-27H,9-16,18-19H2,1H3,(H2,39,45,46)/t25-,26+,27?. The number of rotatable bonds is 7. The van der Waals surface area contributed by atoms with Gasteiger partial charge in [0.15, 0.2) is 11.6 Å². The number of nitrogens with two attached hydrogens (primary N) is 1. The highest BCUT2D eigenvalue weighted by Gasteiger charge is 2.44. The Morgan fingerprint density at radius 1 is 0.957 bits per heavy atom. The maximum absolute atomic E-state index is 14.7. The van der Waals surface area contributed by atoms with Gasteiger partial charge in [-0.25, -0.2) is 31.7 Å². The van der Waals surface area contributed by atoms with Crippen LogP contribution in [0.25, 0.3) is 11.0 Å². The van der Waals surface area contributed by atoms with Crippen molar-refractivity contribution >= 4 is 27.0 Å². The lowest BCUT2D eigenvalue weighted by molar-refractivity contribution is 0.0601. The van der Waals surface area contributed by atoms with E-state index in [0.717, 1.165) is 61.6 Å². The van der Waals surface area contributed by atoms with Crippen LogP contribution < -0.4 is 5.14 Å². The van der Waals surface area contributed by atoms with E-state index in [2.05, 4.69) is 34.6 Å². The zero-order valence-corrected chi connectivity index (χ0v) is 27.0. The second kappa shape index (κ2) is 12.1. The maximum Gasteiger partial charge on any atom is 0.256 e. The lowest BCUT2D eigenvalue weighted by Crippen LogP contribution is -2.49. The number of aryl methyl sites for hydroxylation is 1. The van der Waals surface area contributed by atoms with E-state index < -0.39 is 43.4 Å². The fraction of sp³-hybridized carbons (Fsp3) is 0.429. The Morgan fingerprint density at radius 3 is 2.34 bits per heavy atom. The smallest absolute Gasteiger partial charge is 0.256 e. The van der Waals surface area contributed by atoms with Crippen LogP contribution in [0.15, 0.2) is 65.6 Å². The molecule has 47 heavy (non-hydrogen) atoms. The molecule has 8 nitrogen and oxygen atoms in total. The van der Waals surface area contributed by atoms with Crippen LogP contribution in [0.3, 0.4) is 0 Å². The molecule has 3 aromatic carbocycles. The van der Waals surface area contributed by atoms with Gasteiger partial charge < -0.3 is 9.47 Å². The molecule has 0 spiro atoms. The van der Waals surface area contributed by atoms with Crippen LogP contribution in [0.5, 0.6) is 0 Å². The molecule has 3 fully saturated rings. The molecule has 3 aliphatic heterocycles. The number of fused-ring (bicyclic) bond motifs is 3. The Morgan fingerprint density at radius 2 is 1.66 bits per heavy atom. The second-order valence-corrected chi connectivity index (χ2v) is 15.0. The average molecular weight is 666 g/mol. The minimum atomic E-state index is -4.36. The summed E-state index contributed by atoms with van der Waals surface area (Å²) >= 11 is 0. The third-order valence-corrected chi connectivity index (χ3v) is 11.7. The summed E-state index contributed by atoms with van der Waals surface area (Å²) in [5.74, 6) is -2.97. The number of hydrogen-bond donors (Lipinski definition) is 1. The largest absolute Gasteiger partial charge is 0.338 e. The minimum Gasteiger partial charge on any atom is -0.338 e. The number of nitrogens with zero attached hydrogens (tertiary/aromatic N) is 4. The van der Waals surface area contributed by atoms with Crippen LogP contribution in [0.1, 0.15) is 72.7 Å². The molecular formula is C35H38F3N5O3S. The molecule has 2 N–H and O–H groups in total. The fourth-order valence-corrected chi connectivity index (χ4v) is 9.03. The number of carbonyl (C=O) groups is 1. The number of carbonyl (C=O) groups excluding carboxylic acids is 1. The lowest BCUT2D eigenvalue weighted by atomic mass is 9.70. The summed E-state index contributed by atoms with van der Waals surface area (Å²) in [6, 6.07) is 17.4. The number of para-hydroxylation sites is 2. The van der Waals surface area contributed by atoms with E-state index in [-0.39, 0.29) is 18.9 Å². The van der Waals surface area contributed by atoms with E-state index in [1.54, 1.807) is 12.1 Å². The van der Waals surface area contributed by atoms with Gasteiger partial charge in [0, 0.05) is 31.2 Å². The van der Waals surface area contributed by atoms with Gasteiger partial charge in [0.1, 0.15) is 11.6 Å². The first-order chi connectivity index (χ1) is 22.4.